The molecule has 8 heteroatoms. The van der Waals surface area contributed by atoms with Gasteiger partial charge in [0.1, 0.15) is 11.9 Å². The molecule has 0 amide bonds. The molecule has 0 bridgehead atoms. The molecule has 2 aliphatic heterocycles. The van der Waals surface area contributed by atoms with E-state index in [1.807, 2.05) is 48.5 Å². The van der Waals surface area contributed by atoms with Crippen molar-refractivity contribution in [2.45, 2.75) is 30.7 Å². The summed E-state index contributed by atoms with van der Waals surface area (Å²) < 4.78 is 39.5. The van der Waals surface area contributed by atoms with Crippen LogP contribution < -0.4 is 9.47 Å². The van der Waals surface area contributed by atoms with E-state index in [0.717, 1.165) is 24.0 Å². The van der Waals surface area contributed by atoms with Gasteiger partial charge in [0.15, 0.2) is 11.5 Å². The summed E-state index contributed by atoms with van der Waals surface area (Å²) in [5.74, 6) is 1.19. The maximum Gasteiger partial charge on any atom is 0.221 e. The van der Waals surface area contributed by atoms with Crippen LogP contribution in [-0.4, -0.2) is 56.9 Å². The van der Waals surface area contributed by atoms with Crippen molar-refractivity contribution < 1.29 is 22.7 Å². The van der Waals surface area contributed by atoms with Crippen molar-refractivity contribution >= 4 is 10.0 Å². The fraction of sp³-hybridized carbons (Fsp3) is 0.455. The second-order valence-electron chi connectivity index (χ2n) is 7.66. The second kappa shape index (κ2) is 8.93. The van der Waals surface area contributed by atoms with Crippen LogP contribution >= 0.6 is 0 Å². The summed E-state index contributed by atoms with van der Waals surface area (Å²) in [7, 11) is -0.0906. The Morgan fingerprint density at radius 2 is 1.80 bits per heavy atom. The summed E-state index contributed by atoms with van der Waals surface area (Å²) in [6, 6.07) is 15.1. The first-order valence-corrected chi connectivity index (χ1v) is 11.7. The van der Waals surface area contributed by atoms with Crippen LogP contribution in [0.1, 0.15) is 30.0 Å². The molecule has 0 radical (unpaired) electrons. The van der Waals surface area contributed by atoms with Crippen LogP contribution in [-0.2, 0) is 21.5 Å². The molecule has 0 spiro atoms. The van der Waals surface area contributed by atoms with E-state index in [9.17, 15) is 8.42 Å². The van der Waals surface area contributed by atoms with Crippen molar-refractivity contribution in [1.29, 1.82) is 0 Å². The predicted octanol–water partition coefficient (Wildman–Crippen LogP) is 2.99. The van der Waals surface area contributed by atoms with Crippen molar-refractivity contribution in [2.24, 2.45) is 0 Å². The highest BCUT2D eigenvalue weighted by Crippen LogP contribution is 2.39. The van der Waals surface area contributed by atoms with E-state index in [-0.39, 0.29) is 6.61 Å². The number of ether oxygens (including phenoxy) is 2. The van der Waals surface area contributed by atoms with Crippen LogP contribution in [0.3, 0.4) is 0 Å². The van der Waals surface area contributed by atoms with Crippen molar-refractivity contribution in [2.75, 3.05) is 33.9 Å². The molecular weight excluding hydrogens is 404 g/mol. The number of rotatable bonds is 7. The van der Waals surface area contributed by atoms with Crippen molar-refractivity contribution in [3.8, 4) is 11.5 Å². The van der Waals surface area contributed by atoms with Gasteiger partial charge >= 0.3 is 0 Å². The van der Waals surface area contributed by atoms with Gasteiger partial charge in [-0.05, 0) is 36.1 Å². The van der Waals surface area contributed by atoms with Gasteiger partial charge in [-0.3, -0.25) is 4.84 Å². The molecule has 30 heavy (non-hydrogen) atoms. The van der Waals surface area contributed by atoms with E-state index in [2.05, 4.69) is 0 Å². The Labute approximate surface area is 178 Å². The number of nitrogens with zero attached hydrogens (tertiary/aromatic N) is 2. The maximum atomic E-state index is 13.2. The summed E-state index contributed by atoms with van der Waals surface area (Å²) in [4.78, 5) is 5.64. The van der Waals surface area contributed by atoms with Crippen LogP contribution in [0.15, 0.2) is 48.5 Å². The zero-order valence-electron chi connectivity index (χ0n) is 17.4. The Morgan fingerprint density at radius 3 is 2.50 bits per heavy atom. The van der Waals surface area contributed by atoms with Crippen LogP contribution in [0.2, 0.25) is 0 Å². The third kappa shape index (κ3) is 4.18. The molecule has 0 aliphatic carbocycles. The van der Waals surface area contributed by atoms with Crippen LogP contribution in [0, 0.1) is 0 Å². The molecule has 0 saturated carbocycles. The molecule has 2 heterocycles. The predicted molar refractivity (Wildman–Crippen MR) is 114 cm³/mol. The van der Waals surface area contributed by atoms with Crippen LogP contribution in [0.5, 0.6) is 11.5 Å². The highest BCUT2D eigenvalue weighted by molar-refractivity contribution is 7.89. The van der Waals surface area contributed by atoms with Crippen molar-refractivity contribution in [3.05, 3.63) is 59.7 Å². The van der Waals surface area contributed by atoms with E-state index < -0.39 is 21.3 Å². The monoisotopic (exact) mass is 432 g/mol. The summed E-state index contributed by atoms with van der Waals surface area (Å²) >= 11 is 0. The average molecular weight is 433 g/mol. The second-order valence-corrected chi connectivity index (χ2v) is 9.81. The Kier molecular flexibility index (Phi) is 6.29. The molecule has 2 aromatic carbocycles. The third-order valence-electron chi connectivity index (χ3n) is 5.76. The fourth-order valence-corrected chi connectivity index (χ4v) is 6.16. The molecule has 2 unspecified atom stereocenters. The lowest BCUT2D eigenvalue weighted by molar-refractivity contribution is -0.110. The number of hydroxylamine groups is 2. The van der Waals surface area contributed by atoms with E-state index in [0.29, 0.717) is 31.2 Å². The molecule has 2 atom stereocenters. The van der Waals surface area contributed by atoms with Crippen molar-refractivity contribution in [3.63, 3.8) is 0 Å². The molecule has 2 saturated heterocycles. The Morgan fingerprint density at radius 1 is 1.07 bits per heavy atom. The number of methoxy groups -OCH3 is 1. The summed E-state index contributed by atoms with van der Waals surface area (Å²) in [5.41, 5.74) is 1.89. The zero-order valence-corrected chi connectivity index (χ0v) is 18.2. The smallest absolute Gasteiger partial charge is 0.221 e. The lowest BCUT2D eigenvalue weighted by Crippen LogP contribution is -2.41. The first kappa shape index (κ1) is 21.1. The van der Waals surface area contributed by atoms with Gasteiger partial charge in [-0.25, -0.2) is 12.7 Å². The normalized spacial score (nSPS) is 23.0. The standard InChI is InChI=1S/C22H28N2O5S/c1-23-22(21(16-29-23)30(25,26)24-12-6-7-13-24)18-10-11-19(20(14-18)27-2)28-15-17-8-4-3-5-9-17/h3-5,8-11,14,21-22H,6-7,12-13,15-16H2,1-2H3. The molecule has 0 N–H and O–H groups in total. The molecule has 162 valence electrons. The molecule has 0 aromatic heterocycles. The third-order valence-corrected chi connectivity index (χ3v) is 8.00. The van der Waals surface area contributed by atoms with E-state index in [4.69, 9.17) is 14.3 Å². The molecule has 7 nitrogen and oxygen atoms in total. The molecular formula is C22H28N2O5S. The van der Waals surface area contributed by atoms with Crippen LogP contribution in [0.4, 0.5) is 0 Å². The van der Waals surface area contributed by atoms with Crippen LogP contribution in [0.25, 0.3) is 0 Å². The molecule has 2 aromatic rings. The highest BCUT2D eigenvalue weighted by Gasteiger charge is 2.46. The largest absolute Gasteiger partial charge is 0.493 e. The summed E-state index contributed by atoms with van der Waals surface area (Å²) in [6.07, 6.45) is 1.82. The molecule has 2 aliphatic rings. The Balaban J connectivity index is 1.57. The first-order valence-electron chi connectivity index (χ1n) is 10.2. The minimum atomic E-state index is -3.45. The molecule has 2 fully saturated rings. The van der Waals surface area contributed by atoms with Gasteiger partial charge in [0.05, 0.1) is 19.8 Å². The Hall–Kier alpha value is -2.13. The van der Waals surface area contributed by atoms with E-state index >= 15 is 0 Å². The quantitative estimate of drug-likeness (QED) is 0.670. The lowest BCUT2D eigenvalue weighted by Gasteiger charge is -2.27. The molecule has 4 rings (SSSR count). The summed E-state index contributed by atoms with van der Waals surface area (Å²) in [5, 5.41) is 0.985. The number of hydrogen-bond donors (Lipinski definition) is 0. The number of hydrogen-bond acceptors (Lipinski definition) is 6. The minimum absolute atomic E-state index is 0.147. The number of benzene rings is 2. The lowest BCUT2D eigenvalue weighted by atomic mass is 10.0. The first-order chi connectivity index (χ1) is 14.5. The maximum absolute atomic E-state index is 13.2. The number of sulfonamides is 1. The minimum Gasteiger partial charge on any atom is -0.493 e. The average Bonchev–Trinajstić information content (AvgIpc) is 3.44. The SMILES string of the molecule is COc1cc(C2C(S(=O)(=O)N3CCCC3)CON2C)ccc1OCc1ccccc1. The van der Waals surface area contributed by atoms with Gasteiger partial charge in [0.25, 0.3) is 0 Å². The van der Waals surface area contributed by atoms with Gasteiger partial charge < -0.3 is 9.47 Å². The zero-order chi connectivity index (χ0) is 21.1. The van der Waals surface area contributed by atoms with Gasteiger partial charge in [-0.1, -0.05) is 36.4 Å². The summed E-state index contributed by atoms with van der Waals surface area (Å²) in [6.45, 7) is 1.75. The van der Waals surface area contributed by atoms with Gasteiger partial charge in [0.2, 0.25) is 10.0 Å². The van der Waals surface area contributed by atoms with Gasteiger partial charge in [0, 0.05) is 20.1 Å². The highest BCUT2D eigenvalue weighted by atomic mass is 32.2. The Bertz CT molecular complexity index is 961. The van der Waals surface area contributed by atoms with Crippen molar-refractivity contribution in [1.82, 2.24) is 9.37 Å². The van der Waals surface area contributed by atoms with Gasteiger partial charge in [-0.15, -0.1) is 0 Å². The van der Waals surface area contributed by atoms with E-state index in [1.54, 1.807) is 23.5 Å². The van der Waals surface area contributed by atoms with E-state index in [1.165, 1.54) is 0 Å². The fourth-order valence-electron chi connectivity index (χ4n) is 4.13. The van der Waals surface area contributed by atoms with Gasteiger partial charge in [-0.2, -0.15) is 5.06 Å². The topological polar surface area (TPSA) is 68.3 Å².